The highest BCUT2D eigenvalue weighted by molar-refractivity contribution is 6.63. The van der Waals surface area contributed by atoms with Crippen molar-refractivity contribution in [3.8, 4) is 11.5 Å². The lowest BCUT2D eigenvalue weighted by Crippen LogP contribution is -2.41. The number of hydrogen-bond acceptors (Lipinski definition) is 6. The summed E-state index contributed by atoms with van der Waals surface area (Å²) in [5, 5.41) is 0. The fraction of sp³-hybridized carbons (Fsp3) is 0.562. The summed E-state index contributed by atoms with van der Waals surface area (Å²) >= 11 is 0. The van der Waals surface area contributed by atoms with E-state index in [0.29, 0.717) is 22.5 Å². The van der Waals surface area contributed by atoms with Gasteiger partial charge >= 0.3 is 13.1 Å². The Bertz CT molecular complexity index is 595. The molecular formula is C16H23BO6. The summed E-state index contributed by atoms with van der Waals surface area (Å²) in [7, 11) is 3.67. The summed E-state index contributed by atoms with van der Waals surface area (Å²) in [6, 6.07) is 3.26. The van der Waals surface area contributed by atoms with Crippen LogP contribution in [-0.4, -0.2) is 45.6 Å². The molecule has 1 aliphatic heterocycles. The molecule has 0 aromatic heterocycles. The lowest BCUT2D eigenvalue weighted by atomic mass is 9.75. The van der Waals surface area contributed by atoms with Crippen LogP contribution in [0.4, 0.5) is 0 Å². The molecule has 0 spiro atoms. The Labute approximate surface area is 137 Å². The van der Waals surface area contributed by atoms with Crippen molar-refractivity contribution < 1.29 is 28.3 Å². The largest absolute Gasteiger partial charge is 0.495 e. The van der Waals surface area contributed by atoms with Gasteiger partial charge in [0.15, 0.2) is 11.5 Å². The Hall–Kier alpha value is -1.73. The summed E-state index contributed by atoms with van der Waals surface area (Å²) in [6.45, 7) is 7.80. The van der Waals surface area contributed by atoms with Crippen molar-refractivity contribution in [1.82, 2.24) is 0 Å². The first-order valence-corrected chi connectivity index (χ1v) is 7.36. The van der Waals surface area contributed by atoms with Crippen LogP contribution in [0.3, 0.4) is 0 Å². The molecule has 0 unspecified atom stereocenters. The lowest BCUT2D eigenvalue weighted by molar-refractivity contribution is 0.00578. The zero-order valence-corrected chi connectivity index (χ0v) is 14.7. The van der Waals surface area contributed by atoms with Crippen LogP contribution in [0.5, 0.6) is 11.5 Å². The fourth-order valence-corrected chi connectivity index (χ4v) is 2.35. The second kappa shape index (κ2) is 6.05. The molecule has 1 heterocycles. The van der Waals surface area contributed by atoms with E-state index in [1.807, 2.05) is 27.7 Å². The van der Waals surface area contributed by atoms with Crippen LogP contribution >= 0.6 is 0 Å². The molecule has 0 amide bonds. The van der Waals surface area contributed by atoms with Gasteiger partial charge in [-0.1, -0.05) is 0 Å². The molecule has 6 nitrogen and oxygen atoms in total. The van der Waals surface area contributed by atoms with Gasteiger partial charge in [-0.3, -0.25) is 0 Å². The minimum absolute atomic E-state index is 0.323. The van der Waals surface area contributed by atoms with E-state index in [9.17, 15) is 4.79 Å². The van der Waals surface area contributed by atoms with Gasteiger partial charge in [-0.05, 0) is 39.8 Å². The number of benzene rings is 1. The van der Waals surface area contributed by atoms with Crippen LogP contribution in [0.1, 0.15) is 38.1 Å². The highest BCUT2D eigenvalue weighted by Crippen LogP contribution is 2.37. The predicted molar refractivity (Wildman–Crippen MR) is 86.6 cm³/mol. The van der Waals surface area contributed by atoms with Crippen molar-refractivity contribution in [3.05, 3.63) is 17.7 Å². The second-order valence-electron chi connectivity index (χ2n) is 6.37. The third-order valence-corrected chi connectivity index (χ3v) is 4.47. The van der Waals surface area contributed by atoms with Crippen molar-refractivity contribution in [2.75, 3.05) is 21.3 Å². The number of carbonyl (C=O) groups is 1. The van der Waals surface area contributed by atoms with Crippen molar-refractivity contribution in [2.24, 2.45) is 0 Å². The summed E-state index contributed by atoms with van der Waals surface area (Å²) in [5.74, 6) is 0.439. The number of ether oxygens (including phenoxy) is 3. The molecule has 126 valence electrons. The maximum atomic E-state index is 12.2. The molecule has 23 heavy (non-hydrogen) atoms. The zero-order chi connectivity index (χ0) is 17.4. The molecule has 7 heteroatoms. The van der Waals surface area contributed by atoms with Gasteiger partial charge < -0.3 is 23.5 Å². The second-order valence-corrected chi connectivity index (χ2v) is 6.37. The molecule has 1 saturated heterocycles. The van der Waals surface area contributed by atoms with E-state index in [0.717, 1.165) is 0 Å². The Morgan fingerprint density at radius 1 is 0.957 bits per heavy atom. The molecule has 0 saturated carbocycles. The Morgan fingerprint density at radius 3 is 1.87 bits per heavy atom. The first kappa shape index (κ1) is 17.6. The smallest absolute Gasteiger partial charge is 0.493 e. The maximum absolute atomic E-state index is 12.2. The first-order chi connectivity index (χ1) is 10.7. The standard InChI is InChI=1S/C16H23BO6/c1-15(2)16(3,4)23-17(22-15)11-9-13(20-6)12(19-5)8-10(11)14(18)21-7/h8-9H,1-7H3. The third kappa shape index (κ3) is 3.03. The average molecular weight is 322 g/mol. The Morgan fingerprint density at radius 2 is 1.43 bits per heavy atom. The van der Waals surface area contributed by atoms with Gasteiger partial charge in [-0.2, -0.15) is 0 Å². The number of hydrogen-bond donors (Lipinski definition) is 0. The monoisotopic (exact) mass is 322 g/mol. The van der Waals surface area contributed by atoms with E-state index in [4.69, 9.17) is 23.5 Å². The summed E-state index contributed by atoms with van der Waals surface area (Å²) in [6.07, 6.45) is 0. The highest BCUT2D eigenvalue weighted by atomic mass is 16.7. The normalized spacial score (nSPS) is 18.7. The van der Waals surface area contributed by atoms with Gasteiger partial charge in [0.25, 0.3) is 0 Å². The molecule has 0 N–H and O–H groups in total. The van der Waals surface area contributed by atoms with E-state index in [2.05, 4.69) is 0 Å². The van der Waals surface area contributed by atoms with Crippen LogP contribution in [0, 0.1) is 0 Å². The molecule has 0 bridgehead atoms. The van der Waals surface area contributed by atoms with Gasteiger partial charge in [0, 0.05) is 5.46 Å². The minimum Gasteiger partial charge on any atom is -0.493 e. The molecule has 1 fully saturated rings. The molecule has 2 rings (SSSR count). The van der Waals surface area contributed by atoms with Crippen LogP contribution in [-0.2, 0) is 14.0 Å². The summed E-state index contributed by atoms with van der Waals surface area (Å²) in [4.78, 5) is 12.2. The minimum atomic E-state index is -0.700. The van der Waals surface area contributed by atoms with Crippen LogP contribution in [0.15, 0.2) is 12.1 Å². The van der Waals surface area contributed by atoms with E-state index < -0.39 is 24.3 Å². The molecule has 0 atom stereocenters. The van der Waals surface area contributed by atoms with Crippen LogP contribution in [0.2, 0.25) is 0 Å². The topological polar surface area (TPSA) is 63.2 Å². The summed E-state index contributed by atoms with van der Waals surface area (Å²) < 4.78 is 27.5. The van der Waals surface area contributed by atoms with Gasteiger partial charge in [0.2, 0.25) is 0 Å². The van der Waals surface area contributed by atoms with Crippen LogP contribution in [0.25, 0.3) is 0 Å². The molecule has 1 aromatic carbocycles. The van der Waals surface area contributed by atoms with E-state index in [1.165, 1.54) is 21.3 Å². The third-order valence-electron chi connectivity index (χ3n) is 4.47. The molecule has 1 aromatic rings. The molecular weight excluding hydrogens is 299 g/mol. The van der Waals surface area contributed by atoms with Gasteiger partial charge in [0.1, 0.15) is 0 Å². The average Bonchev–Trinajstić information content (AvgIpc) is 2.73. The van der Waals surface area contributed by atoms with Gasteiger partial charge in [0.05, 0.1) is 38.1 Å². The van der Waals surface area contributed by atoms with Crippen molar-refractivity contribution in [2.45, 2.75) is 38.9 Å². The van der Waals surface area contributed by atoms with Crippen molar-refractivity contribution in [1.29, 1.82) is 0 Å². The Kier molecular flexibility index (Phi) is 4.64. The van der Waals surface area contributed by atoms with Gasteiger partial charge in [-0.25, -0.2) is 4.79 Å². The van der Waals surface area contributed by atoms with E-state index in [-0.39, 0.29) is 0 Å². The lowest BCUT2D eigenvalue weighted by Gasteiger charge is -2.32. The number of rotatable bonds is 4. The van der Waals surface area contributed by atoms with Crippen molar-refractivity contribution >= 4 is 18.6 Å². The molecule has 1 aliphatic rings. The maximum Gasteiger partial charge on any atom is 0.495 e. The van der Waals surface area contributed by atoms with E-state index >= 15 is 0 Å². The summed E-state index contributed by atoms with van der Waals surface area (Å²) in [5.41, 5.74) is -0.159. The Balaban J connectivity index is 2.55. The number of esters is 1. The highest BCUT2D eigenvalue weighted by Gasteiger charge is 2.52. The van der Waals surface area contributed by atoms with Gasteiger partial charge in [-0.15, -0.1) is 0 Å². The zero-order valence-electron chi connectivity index (χ0n) is 14.7. The van der Waals surface area contributed by atoms with Crippen molar-refractivity contribution in [3.63, 3.8) is 0 Å². The fourth-order valence-electron chi connectivity index (χ4n) is 2.35. The van der Waals surface area contributed by atoms with E-state index in [1.54, 1.807) is 12.1 Å². The number of carbonyl (C=O) groups excluding carboxylic acids is 1. The van der Waals surface area contributed by atoms with Crippen LogP contribution < -0.4 is 14.9 Å². The first-order valence-electron chi connectivity index (χ1n) is 7.36. The predicted octanol–water partition coefficient (Wildman–Crippen LogP) is 1.79. The molecule has 0 radical (unpaired) electrons. The molecule has 0 aliphatic carbocycles. The SMILES string of the molecule is COC(=O)c1cc(OC)c(OC)cc1B1OC(C)(C)C(C)(C)O1. The quantitative estimate of drug-likeness (QED) is 0.622. The number of methoxy groups -OCH3 is 3.